The molecule has 0 aliphatic carbocycles. The second-order valence-corrected chi connectivity index (χ2v) is 5.93. The van der Waals surface area contributed by atoms with Crippen molar-refractivity contribution in [2.45, 2.75) is 12.7 Å². The first kappa shape index (κ1) is 16.4. The molecule has 1 saturated heterocycles. The van der Waals surface area contributed by atoms with Crippen molar-refractivity contribution in [3.8, 4) is 5.75 Å². The number of ether oxygens (including phenoxy) is 2. The number of thiazole rings is 1. The molecule has 1 atom stereocenters. The zero-order valence-electron chi connectivity index (χ0n) is 12.8. The SMILES string of the molecule is O=C(O)[C@@H]1CN(C(=O)c2ccccc2OCc2cscn2)CCO1. The molecule has 1 aliphatic heterocycles. The van der Waals surface area contributed by atoms with Gasteiger partial charge in [-0.2, -0.15) is 0 Å². The molecule has 0 bridgehead atoms. The zero-order valence-corrected chi connectivity index (χ0v) is 13.6. The lowest BCUT2D eigenvalue weighted by molar-refractivity contribution is -0.154. The van der Waals surface area contributed by atoms with Crippen LogP contribution in [0.25, 0.3) is 0 Å². The summed E-state index contributed by atoms with van der Waals surface area (Å²) in [6.45, 7) is 0.844. The Balaban J connectivity index is 1.73. The molecule has 3 rings (SSSR count). The van der Waals surface area contributed by atoms with Crippen LogP contribution in [0.2, 0.25) is 0 Å². The summed E-state index contributed by atoms with van der Waals surface area (Å²) >= 11 is 1.48. The number of benzene rings is 1. The second kappa shape index (κ2) is 7.41. The van der Waals surface area contributed by atoms with E-state index >= 15 is 0 Å². The van der Waals surface area contributed by atoms with Gasteiger partial charge >= 0.3 is 5.97 Å². The van der Waals surface area contributed by atoms with Crippen LogP contribution >= 0.6 is 11.3 Å². The molecule has 0 spiro atoms. The average molecular weight is 348 g/mol. The monoisotopic (exact) mass is 348 g/mol. The van der Waals surface area contributed by atoms with E-state index in [1.165, 1.54) is 16.2 Å². The molecule has 0 unspecified atom stereocenters. The van der Waals surface area contributed by atoms with Crippen molar-refractivity contribution in [3.63, 3.8) is 0 Å². The smallest absolute Gasteiger partial charge is 0.334 e. The number of carbonyl (C=O) groups excluding carboxylic acids is 1. The van der Waals surface area contributed by atoms with Gasteiger partial charge in [0.2, 0.25) is 0 Å². The lowest BCUT2D eigenvalue weighted by Crippen LogP contribution is -2.48. The van der Waals surface area contributed by atoms with Gasteiger partial charge < -0.3 is 19.5 Å². The van der Waals surface area contributed by atoms with Gasteiger partial charge in [0.25, 0.3) is 5.91 Å². The van der Waals surface area contributed by atoms with Crippen LogP contribution in [0.5, 0.6) is 5.75 Å². The van der Waals surface area contributed by atoms with Crippen molar-refractivity contribution in [1.82, 2.24) is 9.88 Å². The molecule has 0 radical (unpaired) electrons. The number of morpholine rings is 1. The van der Waals surface area contributed by atoms with Crippen molar-refractivity contribution in [1.29, 1.82) is 0 Å². The Morgan fingerprint density at radius 1 is 1.42 bits per heavy atom. The van der Waals surface area contributed by atoms with E-state index in [1.54, 1.807) is 29.8 Å². The molecule has 0 saturated carbocycles. The van der Waals surface area contributed by atoms with E-state index in [-0.39, 0.29) is 25.7 Å². The minimum atomic E-state index is -1.07. The van der Waals surface area contributed by atoms with E-state index in [9.17, 15) is 9.59 Å². The molecule has 8 heteroatoms. The summed E-state index contributed by atoms with van der Waals surface area (Å²) in [7, 11) is 0. The van der Waals surface area contributed by atoms with Crippen LogP contribution in [0.15, 0.2) is 35.2 Å². The molecule has 1 N–H and O–H groups in total. The largest absolute Gasteiger partial charge is 0.486 e. The van der Waals surface area contributed by atoms with Crippen molar-refractivity contribution < 1.29 is 24.2 Å². The van der Waals surface area contributed by atoms with Crippen LogP contribution in [0.4, 0.5) is 0 Å². The lowest BCUT2D eigenvalue weighted by Gasteiger charge is -2.31. The molecular formula is C16H16N2O5S. The number of carboxylic acid groups (broad SMARTS) is 1. The maximum absolute atomic E-state index is 12.7. The topological polar surface area (TPSA) is 89.0 Å². The predicted molar refractivity (Wildman–Crippen MR) is 86.2 cm³/mol. The van der Waals surface area contributed by atoms with E-state index < -0.39 is 12.1 Å². The fourth-order valence-electron chi connectivity index (χ4n) is 2.38. The Morgan fingerprint density at radius 2 is 2.25 bits per heavy atom. The van der Waals surface area contributed by atoms with Crippen molar-refractivity contribution in [2.75, 3.05) is 19.7 Å². The number of amides is 1. The summed E-state index contributed by atoms with van der Waals surface area (Å²) in [6.07, 6.45) is -0.995. The highest BCUT2D eigenvalue weighted by Crippen LogP contribution is 2.22. The number of hydrogen-bond acceptors (Lipinski definition) is 6. The van der Waals surface area contributed by atoms with Gasteiger partial charge in [-0.15, -0.1) is 11.3 Å². The number of aromatic nitrogens is 1. The van der Waals surface area contributed by atoms with Crippen LogP contribution in [-0.2, 0) is 16.1 Å². The molecular weight excluding hydrogens is 332 g/mol. The summed E-state index contributed by atoms with van der Waals surface area (Å²) in [6, 6.07) is 6.92. The number of rotatable bonds is 5. The summed E-state index contributed by atoms with van der Waals surface area (Å²) < 4.78 is 10.9. The highest BCUT2D eigenvalue weighted by molar-refractivity contribution is 7.07. The Kier molecular flexibility index (Phi) is 5.07. The summed E-state index contributed by atoms with van der Waals surface area (Å²) in [5.41, 5.74) is 2.91. The Labute approximate surface area is 142 Å². The van der Waals surface area contributed by atoms with Crippen molar-refractivity contribution in [3.05, 3.63) is 46.4 Å². The van der Waals surface area contributed by atoms with Crippen molar-refractivity contribution >= 4 is 23.2 Å². The highest BCUT2D eigenvalue weighted by Gasteiger charge is 2.30. The van der Waals surface area contributed by atoms with E-state index in [4.69, 9.17) is 14.6 Å². The van der Waals surface area contributed by atoms with Crippen molar-refractivity contribution in [2.24, 2.45) is 0 Å². The Bertz CT molecular complexity index is 719. The minimum Gasteiger partial charge on any atom is -0.486 e. The van der Waals surface area contributed by atoms with Gasteiger partial charge in [0, 0.05) is 11.9 Å². The number of aliphatic carboxylic acids is 1. The molecule has 24 heavy (non-hydrogen) atoms. The van der Waals surface area contributed by atoms with E-state index in [0.29, 0.717) is 17.9 Å². The summed E-state index contributed by atoms with van der Waals surface area (Å²) in [5.74, 6) is -0.882. The number of carbonyl (C=O) groups is 2. The Morgan fingerprint density at radius 3 is 3.00 bits per heavy atom. The van der Waals surface area contributed by atoms with E-state index in [0.717, 1.165) is 5.69 Å². The summed E-state index contributed by atoms with van der Waals surface area (Å²) in [4.78, 5) is 29.4. The second-order valence-electron chi connectivity index (χ2n) is 5.21. The molecule has 1 amide bonds. The van der Waals surface area contributed by atoms with Crippen LogP contribution in [-0.4, -0.2) is 52.7 Å². The third kappa shape index (κ3) is 3.72. The maximum atomic E-state index is 12.7. The lowest BCUT2D eigenvalue weighted by atomic mass is 10.1. The molecule has 1 aliphatic rings. The van der Waals surface area contributed by atoms with Crippen LogP contribution < -0.4 is 4.74 Å². The fourth-order valence-corrected chi connectivity index (χ4v) is 2.93. The van der Waals surface area contributed by atoms with Gasteiger partial charge in [-0.25, -0.2) is 9.78 Å². The summed E-state index contributed by atoms with van der Waals surface area (Å²) in [5, 5.41) is 10.9. The number of carboxylic acids is 1. The number of nitrogens with zero attached hydrogens (tertiary/aromatic N) is 2. The zero-order chi connectivity index (χ0) is 16.9. The van der Waals surface area contributed by atoms with Gasteiger partial charge in [-0.05, 0) is 12.1 Å². The number of para-hydroxylation sites is 1. The first-order chi connectivity index (χ1) is 11.6. The molecule has 1 aromatic carbocycles. The maximum Gasteiger partial charge on any atom is 0.334 e. The molecule has 2 heterocycles. The van der Waals surface area contributed by atoms with Gasteiger partial charge in [-0.1, -0.05) is 12.1 Å². The first-order valence-corrected chi connectivity index (χ1v) is 8.32. The van der Waals surface area contributed by atoms with Crippen LogP contribution in [0.3, 0.4) is 0 Å². The normalized spacial score (nSPS) is 17.5. The van der Waals surface area contributed by atoms with Gasteiger partial charge in [0.05, 0.1) is 29.9 Å². The molecule has 2 aromatic rings. The Hall–Kier alpha value is -2.45. The van der Waals surface area contributed by atoms with Gasteiger partial charge in [0.1, 0.15) is 12.4 Å². The van der Waals surface area contributed by atoms with E-state index in [2.05, 4.69) is 4.98 Å². The average Bonchev–Trinajstić information content (AvgIpc) is 3.13. The van der Waals surface area contributed by atoms with Crippen LogP contribution in [0, 0.1) is 0 Å². The molecule has 1 fully saturated rings. The third-order valence-corrected chi connectivity index (χ3v) is 4.24. The predicted octanol–water partition coefficient (Wildman–Crippen LogP) is 1.65. The fraction of sp³-hybridized carbons (Fsp3) is 0.312. The van der Waals surface area contributed by atoms with Gasteiger partial charge in [0.15, 0.2) is 6.10 Å². The van der Waals surface area contributed by atoms with E-state index in [1.807, 2.05) is 5.38 Å². The minimum absolute atomic E-state index is 0.0224. The third-order valence-electron chi connectivity index (χ3n) is 3.61. The molecule has 1 aromatic heterocycles. The quantitative estimate of drug-likeness (QED) is 0.884. The highest BCUT2D eigenvalue weighted by atomic mass is 32.1. The molecule has 126 valence electrons. The first-order valence-electron chi connectivity index (χ1n) is 7.37. The van der Waals surface area contributed by atoms with Crippen LogP contribution in [0.1, 0.15) is 16.1 Å². The van der Waals surface area contributed by atoms with Gasteiger partial charge in [-0.3, -0.25) is 4.79 Å². The number of hydrogen-bond donors (Lipinski definition) is 1. The standard InChI is InChI=1S/C16H16N2O5S/c19-15(18-5-6-22-14(7-18)16(20)21)12-3-1-2-4-13(12)23-8-11-9-24-10-17-11/h1-4,9-10,14H,5-8H2,(H,20,21)/t14-/m0/s1. The molecule has 7 nitrogen and oxygen atoms in total.